The molecule has 4 heteroatoms. The van der Waals surface area contributed by atoms with Crippen LogP contribution in [0.15, 0.2) is 60.8 Å². The molecule has 0 spiro atoms. The fraction of sp³-hybridized carbons (Fsp3) is 0.158. The number of pyridine rings is 1. The van der Waals surface area contributed by atoms with Crippen LogP contribution >= 0.6 is 0 Å². The maximum atomic E-state index is 12.4. The summed E-state index contributed by atoms with van der Waals surface area (Å²) in [7, 11) is 0. The van der Waals surface area contributed by atoms with Gasteiger partial charge in [-0.15, -0.1) is 0 Å². The van der Waals surface area contributed by atoms with E-state index in [-0.39, 0.29) is 12.5 Å². The van der Waals surface area contributed by atoms with E-state index in [0.29, 0.717) is 12.1 Å². The lowest BCUT2D eigenvalue weighted by molar-refractivity contribution is 0.0956. The fourth-order valence-corrected chi connectivity index (χ4v) is 2.53. The largest absolute Gasteiger partial charge is 0.392 e. The zero-order valence-electron chi connectivity index (χ0n) is 12.7. The van der Waals surface area contributed by atoms with Gasteiger partial charge in [-0.2, -0.15) is 0 Å². The van der Waals surface area contributed by atoms with Gasteiger partial charge in [-0.25, -0.2) is 0 Å². The first kappa shape index (κ1) is 15.2. The lowest BCUT2D eigenvalue weighted by Crippen LogP contribution is -2.25. The molecule has 3 rings (SSSR count). The van der Waals surface area contributed by atoms with E-state index < -0.39 is 0 Å². The highest BCUT2D eigenvalue weighted by atomic mass is 16.3. The van der Waals surface area contributed by atoms with Crippen LogP contribution in [0.2, 0.25) is 0 Å². The van der Waals surface area contributed by atoms with Crippen molar-refractivity contribution < 1.29 is 9.90 Å². The van der Waals surface area contributed by atoms with Crippen LogP contribution < -0.4 is 5.32 Å². The number of aliphatic hydroxyl groups is 1. The SMILES string of the molecule is O=C(NCCc1ccc(CO)cc1)c1cccc2ncccc12. The number of nitrogens with zero attached hydrogens (tertiary/aromatic N) is 1. The molecule has 0 saturated carbocycles. The van der Waals surface area contributed by atoms with Gasteiger partial charge in [-0.05, 0) is 35.7 Å². The maximum absolute atomic E-state index is 12.4. The Morgan fingerprint density at radius 1 is 1.00 bits per heavy atom. The molecule has 0 bridgehead atoms. The summed E-state index contributed by atoms with van der Waals surface area (Å²) in [5.41, 5.74) is 3.48. The van der Waals surface area contributed by atoms with Gasteiger partial charge in [0.15, 0.2) is 0 Å². The van der Waals surface area contributed by atoms with E-state index in [1.807, 2.05) is 54.6 Å². The van der Waals surface area contributed by atoms with Crippen LogP contribution in [0, 0.1) is 0 Å². The Balaban J connectivity index is 1.64. The van der Waals surface area contributed by atoms with E-state index in [9.17, 15) is 4.79 Å². The third kappa shape index (κ3) is 3.55. The van der Waals surface area contributed by atoms with Crippen LogP contribution in [-0.4, -0.2) is 22.5 Å². The number of fused-ring (bicyclic) bond motifs is 1. The number of rotatable bonds is 5. The van der Waals surface area contributed by atoms with Crippen LogP contribution in [-0.2, 0) is 13.0 Å². The van der Waals surface area contributed by atoms with E-state index in [2.05, 4.69) is 10.3 Å². The van der Waals surface area contributed by atoms with Gasteiger partial charge in [0.1, 0.15) is 0 Å². The molecule has 2 aromatic carbocycles. The minimum absolute atomic E-state index is 0.0478. The Hall–Kier alpha value is -2.72. The topological polar surface area (TPSA) is 62.2 Å². The van der Waals surface area contributed by atoms with Gasteiger partial charge in [-0.3, -0.25) is 9.78 Å². The zero-order valence-corrected chi connectivity index (χ0v) is 12.7. The molecule has 0 unspecified atom stereocenters. The van der Waals surface area contributed by atoms with Crippen molar-refractivity contribution >= 4 is 16.8 Å². The van der Waals surface area contributed by atoms with Gasteiger partial charge in [0.2, 0.25) is 0 Å². The van der Waals surface area contributed by atoms with Crippen LogP contribution in [0.5, 0.6) is 0 Å². The molecule has 0 aliphatic carbocycles. The Morgan fingerprint density at radius 3 is 2.57 bits per heavy atom. The molecule has 1 amide bonds. The summed E-state index contributed by atoms with van der Waals surface area (Å²) in [5.74, 6) is -0.0874. The third-order valence-electron chi connectivity index (χ3n) is 3.80. The second kappa shape index (κ2) is 7.03. The molecule has 4 nitrogen and oxygen atoms in total. The van der Waals surface area contributed by atoms with Crippen molar-refractivity contribution in [2.75, 3.05) is 6.54 Å². The molecule has 1 aromatic heterocycles. The van der Waals surface area contributed by atoms with Gasteiger partial charge >= 0.3 is 0 Å². The number of amides is 1. The monoisotopic (exact) mass is 306 g/mol. The van der Waals surface area contributed by atoms with E-state index in [0.717, 1.165) is 28.5 Å². The average molecular weight is 306 g/mol. The van der Waals surface area contributed by atoms with Gasteiger partial charge in [0.05, 0.1) is 12.1 Å². The number of carbonyl (C=O) groups excluding carboxylic acids is 1. The first-order valence-electron chi connectivity index (χ1n) is 7.58. The number of hydrogen-bond donors (Lipinski definition) is 2. The van der Waals surface area contributed by atoms with Crippen LogP contribution in [0.1, 0.15) is 21.5 Å². The molecule has 0 aliphatic rings. The normalized spacial score (nSPS) is 10.7. The Morgan fingerprint density at radius 2 is 1.78 bits per heavy atom. The summed E-state index contributed by atoms with van der Waals surface area (Å²) in [6, 6.07) is 17.0. The van der Waals surface area contributed by atoms with Crippen LogP contribution in [0.4, 0.5) is 0 Å². The average Bonchev–Trinajstić information content (AvgIpc) is 2.61. The highest BCUT2D eigenvalue weighted by Crippen LogP contribution is 2.16. The predicted octanol–water partition coefficient (Wildman–Crippen LogP) is 2.70. The van der Waals surface area contributed by atoms with Gasteiger partial charge in [0, 0.05) is 23.7 Å². The summed E-state index contributed by atoms with van der Waals surface area (Å²) in [4.78, 5) is 16.6. The predicted molar refractivity (Wildman–Crippen MR) is 90.1 cm³/mol. The first-order valence-corrected chi connectivity index (χ1v) is 7.58. The lowest BCUT2D eigenvalue weighted by Gasteiger charge is -2.08. The summed E-state index contributed by atoms with van der Waals surface area (Å²) >= 11 is 0. The lowest BCUT2D eigenvalue weighted by atomic mass is 10.1. The second-order valence-corrected chi connectivity index (χ2v) is 5.36. The number of hydrogen-bond acceptors (Lipinski definition) is 3. The summed E-state index contributed by atoms with van der Waals surface area (Å²) in [5, 5.41) is 12.8. The van der Waals surface area contributed by atoms with Crippen molar-refractivity contribution in [3.8, 4) is 0 Å². The van der Waals surface area contributed by atoms with Crippen molar-refractivity contribution in [2.45, 2.75) is 13.0 Å². The first-order chi connectivity index (χ1) is 11.3. The Labute approximate surface area is 134 Å². The van der Waals surface area contributed by atoms with Crippen molar-refractivity contribution in [2.24, 2.45) is 0 Å². The molecule has 23 heavy (non-hydrogen) atoms. The van der Waals surface area contributed by atoms with Crippen LogP contribution in [0.25, 0.3) is 10.9 Å². The molecule has 3 aromatic rings. The highest BCUT2D eigenvalue weighted by molar-refractivity contribution is 6.06. The number of nitrogens with one attached hydrogen (secondary N) is 1. The van der Waals surface area contributed by atoms with Crippen molar-refractivity contribution in [1.29, 1.82) is 0 Å². The quantitative estimate of drug-likeness (QED) is 0.762. The molecule has 0 fully saturated rings. The number of carbonyl (C=O) groups is 1. The van der Waals surface area contributed by atoms with Crippen molar-refractivity contribution in [3.05, 3.63) is 77.5 Å². The fourth-order valence-electron chi connectivity index (χ4n) is 2.53. The molecular weight excluding hydrogens is 288 g/mol. The molecule has 1 heterocycles. The minimum atomic E-state index is -0.0874. The minimum Gasteiger partial charge on any atom is -0.392 e. The van der Waals surface area contributed by atoms with Crippen LogP contribution in [0.3, 0.4) is 0 Å². The highest BCUT2D eigenvalue weighted by Gasteiger charge is 2.09. The van der Waals surface area contributed by atoms with E-state index >= 15 is 0 Å². The standard InChI is InChI=1S/C19H18N2O2/c22-13-15-8-6-14(7-9-15)10-12-21-19(23)17-3-1-5-18-16(17)4-2-11-20-18/h1-9,11,22H,10,12-13H2,(H,21,23). The van der Waals surface area contributed by atoms with Crippen molar-refractivity contribution in [1.82, 2.24) is 10.3 Å². The van der Waals surface area contributed by atoms with E-state index in [1.165, 1.54) is 0 Å². The third-order valence-corrected chi connectivity index (χ3v) is 3.80. The van der Waals surface area contributed by atoms with Gasteiger partial charge in [0.25, 0.3) is 5.91 Å². The Kier molecular flexibility index (Phi) is 4.64. The summed E-state index contributed by atoms with van der Waals surface area (Å²) < 4.78 is 0. The molecule has 0 radical (unpaired) electrons. The summed E-state index contributed by atoms with van der Waals surface area (Å²) in [6.45, 7) is 0.611. The molecule has 0 saturated heterocycles. The molecular formula is C19H18N2O2. The second-order valence-electron chi connectivity index (χ2n) is 5.36. The number of benzene rings is 2. The maximum Gasteiger partial charge on any atom is 0.251 e. The molecule has 2 N–H and O–H groups in total. The van der Waals surface area contributed by atoms with Crippen molar-refractivity contribution in [3.63, 3.8) is 0 Å². The zero-order chi connectivity index (χ0) is 16.1. The molecule has 116 valence electrons. The molecule has 0 atom stereocenters. The van der Waals surface area contributed by atoms with E-state index in [1.54, 1.807) is 6.20 Å². The van der Waals surface area contributed by atoms with Gasteiger partial charge < -0.3 is 10.4 Å². The van der Waals surface area contributed by atoms with Gasteiger partial charge in [-0.1, -0.05) is 36.4 Å². The Bertz CT molecular complexity index is 808. The number of aromatic nitrogens is 1. The molecule has 0 aliphatic heterocycles. The van der Waals surface area contributed by atoms with E-state index in [4.69, 9.17) is 5.11 Å². The summed E-state index contributed by atoms with van der Waals surface area (Å²) in [6.07, 6.45) is 2.47. The number of aliphatic hydroxyl groups excluding tert-OH is 1. The smallest absolute Gasteiger partial charge is 0.251 e.